The molecule has 1 saturated heterocycles. The van der Waals surface area contributed by atoms with Crippen LogP contribution in [-0.4, -0.2) is 41.5 Å². The Morgan fingerprint density at radius 1 is 1.43 bits per heavy atom. The summed E-state index contributed by atoms with van der Waals surface area (Å²) in [5.41, 5.74) is 0. The van der Waals surface area contributed by atoms with E-state index in [0.717, 1.165) is 19.4 Å². The lowest BCUT2D eigenvalue weighted by Crippen LogP contribution is -2.43. The molecule has 1 aliphatic carbocycles. The summed E-state index contributed by atoms with van der Waals surface area (Å²) in [4.78, 5) is 13.6. The van der Waals surface area contributed by atoms with Gasteiger partial charge in [-0.05, 0) is 45.7 Å². The van der Waals surface area contributed by atoms with E-state index >= 15 is 0 Å². The minimum absolute atomic E-state index is 0.0947. The summed E-state index contributed by atoms with van der Waals surface area (Å²) in [7, 11) is 2.12. The Kier molecular flexibility index (Phi) is 2.62. The first-order valence-corrected chi connectivity index (χ1v) is 5.48. The highest BCUT2D eigenvalue weighted by Gasteiger charge is 2.42. The van der Waals surface area contributed by atoms with Crippen molar-refractivity contribution < 1.29 is 9.90 Å². The molecule has 3 unspecified atom stereocenters. The molecule has 1 heterocycles. The zero-order valence-electron chi connectivity index (χ0n) is 8.94. The van der Waals surface area contributed by atoms with E-state index in [-0.39, 0.29) is 11.7 Å². The van der Waals surface area contributed by atoms with Crippen molar-refractivity contribution in [1.82, 2.24) is 4.90 Å². The van der Waals surface area contributed by atoms with Gasteiger partial charge in [-0.25, -0.2) is 0 Å². The van der Waals surface area contributed by atoms with Gasteiger partial charge < -0.3 is 10.0 Å². The van der Waals surface area contributed by atoms with Gasteiger partial charge in [-0.2, -0.15) is 0 Å². The zero-order chi connectivity index (χ0) is 10.3. The van der Waals surface area contributed by atoms with Crippen LogP contribution in [0.25, 0.3) is 0 Å². The monoisotopic (exact) mass is 197 g/mol. The molecular formula is C11H19NO2. The average Bonchev–Trinajstić information content (AvgIpc) is 2.46. The summed E-state index contributed by atoms with van der Waals surface area (Å²) >= 11 is 0. The van der Waals surface area contributed by atoms with Crippen LogP contribution in [0.1, 0.15) is 26.2 Å². The SMILES string of the molecule is CC(=O)[C@@H]1CC2CCN(C)C2CC1O. The summed E-state index contributed by atoms with van der Waals surface area (Å²) in [6.45, 7) is 2.72. The molecule has 4 atom stereocenters. The van der Waals surface area contributed by atoms with E-state index in [9.17, 15) is 9.90 Å². The maximum atomic E-state index is 11.3. The number of nitrogens with zero attached hydrogens (tertiary/aromatic N) is 1. The van der Waals surface area contributed by atoms with Crippen molar-refractivity contribution in [2.24, 2.45) is 11.8 Å². The van der Waals surface area contributed by atoms with Gasteiger partial charge in [0.1, 0.15) is 5.78 Å². The van der Waals surface area contributed by atoms with E-state index in [0.29, 0.717) is 12.0 Å². The average molecular weight is 197 g/mol. The first-order valence-electron chi connectivity index (χ1n) is 5.48. The molecule has 0 bridgehead atoms. The van der Waals surface area contributed by atoms with Crippen LogP contribution in [0.5, 0.6) is 0 Å². The molecular weight excluding hydrogens is 178 g/mol. The van der Waals surface area contributed by atoms with Crippen LogP contribution in [0.4, 0.5) is 0 Å². The second kappa shape index (κ2) is 3.63. The maximum absolute atomic E-state index is 11.3. The molecule has 2 aliphatic rings. The van der Waals surface area contributed by atoms with Crippen molar-refractivity contribution in [2.45, 2.75) is 38.3 Å². The number of fused-ring (bicyclic) bond motifs is 1. The van der Waals surface area contributed by atoms with Crippen molar-refractivity contribution in [3.8, 4) is 0 Å². The second-order valence-corrected chi connectivity index (χ2v) is 4.85. The molecule has 0 aromatic rings. The number of carbonyl (C=O) groups is 1. The van der Waals surface area contributed by atoms with E-state index < -0.39 is 6.10 Å². The van der Waals surface area contributed by atoms with E-state index in [1.807, 2.05) is 0 Å². The van der Waals surface area contributed by atoms with Crippen LogP contribution < -0.4 is 0 Å². The van der Waals surface area contributed by atoms with Crippen molar-refractivity contribution in [2.75, 3.05) is 13.6 Å². The smallest absolute Gasteiger partial charge is 0.135 e. The normalized spacial score (nSPS) is 43.6. The summed E-state index contributed by atoms with van der Waals surface area (Å²) in [6, 6.07) is 0.514. The molecule has 2 fully saturated rings. The number of aliphatic hydroxyl groups is 1. The van der Waals surface area contributed by atoms with Crippen molar-refractivity contribution in [1.29, 1.82) is 0 Å². The molecule has 0 radical (unpaired) electrons. The lowest BCUT2D eigenvalue weighted by molar-refractivity contribution is -0.127. The minimum atomic E-state index is -0.408. The van der Waals surface area contributed by atoms with Gasteiger partial charge in [0, 0.05) is 12.0 Å². The van der Waals surface area contributed by atoms with E-state index in [1.54, 1.807) is 6.92 Å². The topological polar surface area (TPSA) is 40.5 Å². The van der Waals surface area contributed by atoms with Crippen LogP contribution in [0.2, 0.25) is 0 Å². The van der Waals surface area contributed by atoms with E-state index in [2.05, 4.69) is 11.9 Å². The van der Waals surface area contributed by atoms with Gasteiger partial charge in [0.25, 0.3) is 0 Å². The fourth-order valence-electron chi connectivity index (χ4n) is 3.07. The third kappa shape index (κ3) is 1.59. The largest absolute Gasteiger partial charge is 0.392 e. The number of hydrogen-bond donors (Lipinski definition) is 1. The summed E-state index contributed by atoms with van der Waals surface area (Å²) in [5.74, 6) is 0.700. The number of carbonyl (C=O) groups excluding carboxylic acids is 1. The molecule has 0 amide bonds. The molecule has 2 rings (SSSR count). The Hall–Kier alpha value is -0.410. The van der Waals surface area contributed by atoms with Crippen molar-refractivity contribution in [3.63, 3.8) is 0 Å². The van der Waals surface area contributed by atoms with E-state index in [1.165, 1.54) is 6.42 Å². The summed E-state index contributed by atoms with van der Waals surface area (Å²) < 4.78 is 0. The third-order valence-corrected chi connectivity index (χ3v) is 3.99. The van der Waals surface area contributed by atoms with Crippen molar-refractivity contribution >= 4 is 5.78 Å². The Labute approximate surface area is 85.1 Å². The molecule has 0 aromatic heterocycles. The van der Waals surface area contributed by atoms with Crippen LogP contribution in [0.3, 0.4) is 0 Å². The van der Waals surface area contributed by atoms with Gasteiger partial charge in [-0.15, -0.1) is 0 Å². The highest BCUT2D eigenvalue weighted by atomic mass is 16.3. The minimum Gasteiger partial charge on any atom is -0.392 e. The lowest BCUT2D eigenvalue weighted by atomic mass is 9.75. The Morgan fingerprint density at radius 3 is 2.79 bits per heavy atom. The summed E-state index contributed by atoms with van der Waals surface area (Å²) in [6.07, 6.45) is 2.46. The van der Waals surface area contributed by atoms with Gasteiger partial charge >= 0.3 is 0 Å². The van der Waals surface area contributed by atoms with Gasteiger partial charge in [0.15, 0.2) is 0 Å². The Morgan fingerprint density at radius 2 is 2.14 bits per heavy atom. The number of hydrogen-bond acceptors (Lipinski definition) is 3. The van der Waals surface area contributed by atoms with Crippen LogP contribution in [0, 0.1) is 11.8 Å². The number of Topliss-reactive ketones (excluding diaryl/α,β-unsaturated/α-hetero) is 1. The number of aliphatic hydroxyl groups excluding tert-OH is 1. The standard InChI is InChI=1S/C11H19NO2/c1-7(13)9-5-8-3-4-12(2)10(8)6-11(9)14/h8-11,14H,3-6H2,1-2H3/t8?,9-,10?,11?/m0/s1. The van der Waals surface area contributed by atoms with Gasteiger partial charge in [0.2, 0.25) is 0 Å². The van der Waals surface area contributed by atoms with Gasteiger partial charge in [-0.3, -0.25) is 4.79 Å². The highest BCUT2D eigenvalue weighted by molar-refractivity contribution is 5.79. The molecule has 80 valence electrons. The first kappa shape index (κ1) is 10.1. The predicted octanol–water partition coefficient (Wildman–Crippen LogP) is 0.667. The summed E-state index contributed by atoms with van der Waals surface area (Å²) in [5, 5.41) is 9.86. The number of ketones is 1. The van der Waals surface area contributed by atoms with Crippen molar-refractivity contribution in [3.05, 3.63) is 0 Å². The molecule has 14 heavy (non-hydrogen) atoms. The fraction of sp³-hybridized carbons (Fsp3) is 0.909. The number of likely N-dealkylation sites (tertiary alicyclic amines) is 1. The lowest BCUT2D eigenvalue weighted by Gasteiger charge is -2.36. The molecule has 1 aliphatic heterocycles. The van der Waals surface area contributed by atoms with E-state index in [4.69, 9.17) is 0 Å². The number of rotatable bonds is 1. The molecule has 3 nitrogen and oxygen atoms in total. The fourth-order valence-corrected chi connectivity index (χ4v) is 3.07. The quantitative estimate of drug-likeness (QED) is 0.671. The molecule has 1 N–H and O–H groups in total. The van der Waals surface area contributed by atoms with Crippen LogP contribution >= 0.6 is 0 Å². The second-order valence-electron chi connectivity index (χ2n) is 4.85. The molecule has 0 spiro atoms. The maximum Gasteiger partial charge on any atom is 0.135 e. The first-order chi connectivity index (χ1) is 6.59. The molecule has 1 saturated carbocycles. The van der Waals surface area contributed by atoms with Gasteiger partial charge in [-0.1, -0.05) is 0 Å². The Balaban J connectivity index is 2.07. The van der Waals surface area contributed by atoms with Crippen LogP contribution in [0.15, 0.2) is 0 Å². The Bertz CT molecular complexity index is 241. The molecule has 0 aromatic carbocycles. The molecule has 3 heteroatoms. The third-order valence-electron chi connectivity index (χ3n) is 3.99. The zero-order valence-corrected chi connectivity index (χ0v) is 8.94. The van der Waals surface area contributed by atoms with Gasteiger partial charge in [0.05, 0.1) is 6.10 Å². The van der Waals surface area contributed by atoms with Crippen LogP contribution in [-0.2, 0) is 4.79 Å². The highest BCUT2D eigenvalue weighted by Crippen LogP contribution is 2.38. The predicted molar refractivity (Wildman–Crippen MR) is 53.9 cm³/mol.